The van der Waals surface area contributed by atoms with E-state index < -0.39 is 0 Å². The van der Waals surface area contributed by atoms with E-state index in [4.69, 9.17) is 0 Å². The summed E-state index contributed by atoms with van der Waals surface area (Å²) < 4.78 is 2.44. The molecular weight excluding hydrogens is 134 g/mol. The van der Waals surface area contributed by atoms with E-state index in [0.717, 1.165) is 0 Å². The zero-order valence-electron chi connectivity index (χ0n) is 7.73. The Labute approximate surface area is 68.0 Å². The lowest BCUT2D eigenvalue weighted by molar-refractivity contribution is 0.781. The number of hydrogen-bond donors (Lipinski definition) is 0. The molecule has 0 saturated heterocycles. The molecule has 1 aromatic heterocycles. The number of hydrogen-bond acceptors (Lipinski definition) is 0. The van der Waals surface area contributed by atoms with Crippen molar-refractivity contribution in [3.05, 3.63) is 22.5 Å². The fourth-order valence-corrected chi connectivity index (χ4v) is 2.02. The van der Waals surface area contributed by atoms with E-state index in [1.165, 1.54) is 17.7 Å². The Morgan fingerprint density at radius 2 is 1.82 bits per heavy atom. The number of rotatable bonds is 1. The third kappa shape index (κ3) is 0.770. The summed E-state index contributed by atoms with van der Waals surface area (Å²) in [5.74, 6) is 0.685. The standard InChI is InChI=1S/C10H15N/c1-6(2)10-8(4)7(3)9-5-11(9)10/h6H,5H2,1-4H3. The van der Waals surface area contributed by atoms with E-state index in [9.17, 15) is 0 Å². The summed E-state index contributed by atoms with van der Waals surface area (Å²) in [6.45, 7) is 10.2. The van der Waals surface area contributed by atoms with Gasteiger partial charge < -0.3 is 4.57 Å². The molecule has 0 radical (unpaired) electrons. The molecule has 1 aliphatic rings. The van der Waals surface area contributed by atoms with Crippen LogP contribution in [0, 0.1) is 13.8 Å². The van der Waals surface area contributed by atoms with Crippen molar-refractivity contribution in [3.63, 3.8) is 0 Å². The number of nitrogens with zero attached hydrogens (tertiary/aromatic N) is 1. The monoisotopic (exact) mass is 149 g/mol. The van der Waals surface area contributed by atoms with E-state index >= 15 is 0 Å². The van der Waals surface area contributed by atoms with Gasteiger partial charge in [-0.3, -0.25) is 0 Å². The molecule has 0 amide bonds. The van der Waals surface area contributed by atoms with Crippen LogP contribution in [0.5, 0.6) is 0 Å². The van der Waals surface area contributed by atoms with Gasteiger partial charge in [-0.1, -0.05) is 13.8 Å². The largest absolute Gasteiger partial charge is 0.340 e. The predicted octanol–water partition coefficient (Wildman–Crippen LogP) is 2.59. The molecule has 1 aromatic rings. The van der Waals surface area contributed by atoms with Gasteiger partial charge in [-0.15, -0.1) is 0 Å². The lowest BCUT2D eigenvalue weighted by Crippen LogP contribution is -1.95. The van der Waals surface area contributed by atoms with Crippen molar-refractivity contribution in [2.24, 2.45) is 0 Å². The van der Waals surface area contributed by atoms with Gasteiger partial charge in [0.1, 0.15) is 0 Å². The van der Waals surface area contributed by atoms with Crippen molar-refractivity contribution >= 4 is 0 Å². The van der Waals surface area contributed by atoms with Crippen molar-refractivity contribution < 1.29 is 0 Å². The summed E-state index contributed by atoms with van der Waals surface area (Å²) in [5, 5.41) is 0. The molecule has 0 unspecified atom stereocenters. The van der Waals surface area contributed by atoms with Gasteiger partial charge in [-0.25, -0.2) is 0 Å². The van der Waals surface area contributed by atoms with Crippen molar-refractivity contribution in [1.82, 2.24) is 4.57 Å². The summed E-state index contributed by atoms with van der Waals surface area (Å²) in [6.07, 6.45) is 0. The van der Waals surface area contributed by atoms with Crippen molar-refractivity contribution in [1.29, 1.82) is 0 Å². The second-order valence-corrected chi connectivity index (χ2v) is 3.82. The van der Waals surface area contributed by atoms with Crippen LogP contribution in [0.3, 0.4) is 0 Å². The maximum Gasteiger partial charge on any atom is 0.0631 e. The number of fused-ring (bicyclic) bond motifs is 1. The average Bonchev–Trinajstić information content (AvgIpc) is 2.61. The molecule has 0 N–H and O–H groups in total. The SMILES string of the molecule is Cc1c(C)c(C(C)C)n2c1C2. The Bertz CT molecular complexity index is 305. The molecule has 1 nitrogen and oxygen atoms in total. The summed E-state index contributed by atoms with van der Waals surface area (Å²) in [5.41, 5.74) is 6.15. The molecule has 60 valence electrons. The smallest absolute Gasteiger partial charge is 0.0631 e. The quantitative estimate of drug-likeness (QED) is 0.587. The lowest BCUT2D eigenvalue weighted by Gasteiger charge is -2.06. The zero-order chi connectivity index (χ0) is 8.17. The molecule has 11 heavy (non-hydrogen) atoms. The lowest BCUT2D eigenvalue weighted by atomic mass is 10.0. The fourth-order valence-electron chi connectivity index (χ4n) is 2.02. The molecule has 1 aliphatic heterocycles. The minimum atomic E-state index is 0.685. The Balaban J connectivity index is 2.57. The van der Waals surface area contributed by atoms with Crippen molar-refractivity contribution in [2.45, 2.75) is 40.2 Å². The van der Waals surface area contributed by atoms with Crippen LogP contribution < -0.4 is 0 Å². The summed E-state index contributed by atoms with van der Waals surface area (Å²) in [6, 6.07) is 0. The van der Waals surface area contributed by atoms with Gasteiger partial charge in [0.15, 0.2) is 0 Å². The Hall–Kier alpha value is -0.720. The molecular formula is C10H15N. The van der Waals surface area contributed by atoms with Gasteiger partial charge in [0.2, 0.25) is 0 Å². The third-order valence-electron chi connectivity index (χ3n) is 2.75. The second-order valence-electron chi connectivity index (χ2n) is 3.82. The summed E-state index contributed by atoms with van der Waals surface area (Å²) in [4.78, 5) is 0. The highest BCUT2D eigenvalue weighted by molar-refractivity contribution is 5.44. The molecule has 0 spiro atoms. The third-order valence-corrected chi connectivity index (χ3v) is 2.75. The predicted molar refractivity (Wildman–Crippen MR) is 47.1 cm³/mol. The molecule has 0 aromatic carbocycles. The highest BCUT2D eigenvalue weighted by atomic mass is 15.1. The Morgan fingerprint density at radius 3 is 2.09 bits per heavy atom. The van der Waals surface area contributed by atoms with Gasteiger partial charge in [0.25, 0.3) is 0 Å². The molecule has 0 bridgehead atoms. The van der Waals surface area contributed by atoms with Gasteiger partial charge in [-0.2, -0.15) is 0 Å². The average molecular weight is 149 g/mol. The van der Waals surface area contributed by atoms with E-state index in [0.29, 0.717) is 5.92 Å². The highest BCUT2D eigenvalue weighted by Gasteiger charge is 2.27. The molecule has 0 atom stereocenters. The summed E-state index contributed by atoms with van der Waals surface area (Å²) >= 11 is 0. The van der Waals surface area contributed by atoms with Crippen LogP contribution in [-0.4, -0.2) is 4.57 Å². The fraction of sp³-hybridized carbons (Fsp3) is 0.600. The van der Waals surface area contributed by atoms with Crippen LogP contribution in [0.25, 0.3) is 0 Å². The van der Waals surface area contributed by atoms with E-state index in [1.807, 2.05) is 0 Å². The maximum atomic E-state index is 2.44. The molecule has 0 aliphatic carbocycles. The van der Waals surface area contributed by atoms with Crippen LogP contribution in [0.1, 0.15) is 42.3 Å². The van der Waals surface area contributed by atoms with Crippen molar-refractivity contribution in [2.75, 3.05) is 0 Å². The van der Waals surface area contributed by atoms with Gasteiger partial charge in [0, 0.05) is 11.4 Å². The first-order valence-corrected chi connectivity index (χ1v) is 4.31. The Morgan fingerprint density at radius 1 is 1.18 bits per heavy atom. The molecule has 0 saturated carbocycles. The normalized spacial score (nSPS) is 13.9. The highest BCUT2D eigenvalue weighted by Crippen LogP contribution is 2.36. The van der Waals surface area contributed by atoms with Crippen molar-refractivity contribution in [3.8, 4) is 0 Å². The Kier molecular flexibility index (Phi) is 1.20. The first-order chi connectivity index (χ1) is 5.13. The first kappa shape index (κ1) is 6.96. The van der Waals surface area contributed by atoms with Crippen LogP contribution in [0.4, 0.5) is 0 Å². The number of aromatic nitrogens is 1. The van der Waals surface area contributed by atoms with E-state index in [2.05, 4.69) is 32.3 Å². The topological polar surface area (TPSA) is 4.93 Å². The minimum Gasteiger partial charge on any atom is -0.340 e. The molecule has 2 heterocycles. The van der Waals surface area contributed by atoms with Crippen LogP contribution in [-0.2, 0) is 6.54 Å². The van der Waals surface area contributed by atoms with Crippen LogP contribution in [0.2, 0.25) is 0 Å². The zero-order valence-corrected chi connectivity index (χ0v) is 7.73. The van der Waals surface area contributed by atoms with Gasteiger partial charge in [0.05, 0.1) is 6.54 Å². The van der Waals surface area contributed by atoms with E-state index in [-0.39, 0.29) is 0 Å². The maximum absolute atomic E-state index is 2.44. The molecule has 1 heteroatoms. The van der Waals surface area contributed by atoms with Gasteiger partial charge in [-0.05, 0) is 30.9 Å². The minimum absolute atomic E-state index is 0.685. The van der Waals surface area contributed by atoms with Crippen LogP contribution in [0.15, 0.2) is 0 Å². The van der Waals surface area contributed by atoms with E-state index in [1.54, 1.807) is 11.4 Å². The second kappa shape index (κ2) is 1.90. The van der Waals surface area contributed by atoms with Crippen LogP contribution >= 0.6 is 0 Å². The van der Waals surface area contributed by atoms with Gasteiger partial charge >= 0.3 is 0 Å². The first-order valence-electron chi connectivity index (χ1n) is 4.31. The molecule has 0 fully saturated rings. The summed E-state index contributed by atoms with van der Waals surface area (Å²) in [7, 11) is 0. The molecule has 2 rings (SSSR count).